The first-order valence-corrected chi connectivity index (χ1v) is 10.5. The van der Waals surface area contributed by atoms with Gasteiger partial charge in [0.25, 0.3) is 0 Å². The maximum atomic E-state index is 6.16. The van der Waals surface area contributed by atoms with Crippen molar-refractivity contribution in [2.24, 2.45) is 0 Å². The molecule has 0 bridgehead atoms. The number of thiophene rings is 2. The molecule has 0 fully saturated rings. The van der Waals surface area contributed by atoms with E-state index in [9.17, 15) is 0 Å². The third kappa shape index (κ3) is 1.69. The average Bonchev–Trinajstić information content (AvgIpc) is 3.12. The molecular weight excluding hydrogens is 472 g/mol. The van der Waals surface area contributed by atoms with Crippen molar-refractivity contribution in [1.82, 2.24) is 0 Å². The fraction of sp³-hybridized carbons (Fsp3) is 0. The largest absolute Gasteiger partial charge is 0.455 e. The van der Waals surface area contributed by atoms with Crippen LogP contribution in [0.3, 0.4) is 0 Å². The first-order chi connectivity index (χ1) is 11.7. The molecule has 0 spiro atoms. The van der Waals surface area contributed by atoms with Gasteiger partial charge >= 0.3 is 0 Å². The van der Waals surface area contributed by atoms with Gasteiger partial charge in [-0.25, -0.2) is 0 Å². The highest BCUT2D eigenvalue weighted by molar-refractivity contribution is 9.11. The van der Waals surface area contributed by atoms with Crippen molar-refractivity contribution in [2.75, 3.05) is 0 Å². The van der Waals surface area contributed by atoms with Crippen LogP contribution in [0, 0.1) is 0 Å². The highest BCUT2D eigenvalue weighted by Gasteiger charge is 2.29. The zero-order valence-electron chi connectivity index (χ0n) is 11.9. The van der Waals surface area contributed by atoms with Gasteiger partial charge in [-0.3, -0.25) is 0 Å². The van der Waals surface area contributed by atoms with Crippen LogP contribution in [0.15, 0.2) is 44.0 Å². The molecule has 0 atom stereocenters. The molecule has 2 aromatic carbocycles. The van der Waals surface area contributed by atoms with Gasteiger partial charge in [0.05, 0.1) is 17.3 Å². The van der Waals surface area contributed by atoms with E-state index in [1.54, 1.807) is 22.7 Å². The minimum absolute atomic E-state index is 0.895. The normalized spacial score (nSPS) is 13.2. The first-order valence-electron chi connectivity index (χ1n) is 7.24. The number of hydrogen-bond acceptors (Lipinski definition) is 4. The summed E-state index contributed by atoms with van der Waals surface area (Å²) >= 11 is 10.5. The zero-order chi connectivity index (χ0) is 16.0. The van der Waals surface area contributed by atoms with Gasteiger partial charge < -0.3 is 9.47 Å². The van der Waals surface area contributed by atoms with E-state index in [-0.39, 0.29) is 0 Å². The topological polar surface area (TPSA) is 18.5 Å². The van der Waals surface area contributed by atoms with Crippen LogP contribution >= 0.6 is 54.5 Å². The quantitative estimate of drug-likeness (QED) is 0.220. The fourth-order valence-corrected chi connectivity index (χ4v) is 6.51. The zero-order valence-corrected chi connectivity index (χ0v) is 16.7. The highest BCUT2D eigenvalue weighted by Crippen LogP contribution is 2.58. The van der Waals surface area contributed by atoms with E-state index in [4.69, 9.17) is 9.47 Å². The van der Waals surface area contributed by atoms with E-state index in [1.807, 2.05) is 12.1 Å². The molecule has 0 amide bonds. The Labute approximate surface area is 161 Å². The van der Waals surface area contributed by atoms with Gasteiger partial charge in [-0.05, 0) is 56.1 Å². The summed E-state index contributed by atoms with van der Waals surface area (Å²) in [7, 11) is 0. The molecule has 0 unspecified atom stereocenters. The van der Waals surface area contributed by atoms with Gasteiger partial charge in [0.1, 0.15) is 23.0 Å². The summed E-state index contributed by atoms with van der Waals surface area (Å²) < 4.78 is 14.5. The first kappa shape index (κ1) is 13.9. The van der Waals surface area contributed by atoms with Crippen LogP contribution in [0.4, 0.5) is 0 Å². The van der Waals surface area contributed by atoms with E-state index in [0.29, 0.717) is 0 Å². The molecule has 2 aliphatic heterocycles. The second-order valence-electron chi connectivity index (χ2n) is 5.66. The minimum atomic E-state index is 0.895. The number of fused-ring (bicyclic) bond motifs is 4. The lowest BCUT2D eigenvalue weighted by atomic mass is 9.94. The molecule has 2 aromatic heterocycles. The summed E-state index contributed by atoms with van der Waals surface area (Å²) in [6, 6.07) is 12.5. The number of ether oxygens (including phenoxy) is 2. The van der Waals surface area contributed by atoms with Crippen LogP contribution in [-0.4, -0.2) is 0 Å². The van der Waals surface area contributed by atoms with Crippen LogP contribution < -0.4 is 9.47 Å². The van der Waals surface area contributed by atoms with Crippen LogP contribution in [0.2, 0.25) is 0 Å². The van der Waals surface area contributed by atoms with Crippen LogP contribution in [0.25, 0.3) is 31.7 Å². The molecule has 6 heteroatoms. The lowest BCUT2D eigenvalue weighted by molar-refractivity contribution is 0.482. The Morgan fingerprint density at radius 1 is 0.625 bits per heavy atom. The third-order valence-corrected chi connectivity index (χ3v) is 7.65. The average molecular weight is 478 g/mol. The van der Waals surface area contributed by atoms with Crippen molar-refractivity contribution in [2.45, 2.75) is 0 Å². The molecule has 2 nitrogen and oxygen atoms in total. The van der Waals surface area contributed by atoms with Gasteiger partial charge in [-0.2, -0.15) is 0 Å². The van der Waals surface area contributed by atoms with Gasteiger partial charge in [0, 0.05) is 34.0 Å². The predicted octanol–water partition coefficient (Wildman–Crippen LogP) is 8.03. The third-order valence-electron chi connectivity index (χ3n) is 4.35. The van der Waals surface area contributed by atoms with Gasteiger partial charge in [0.2, 0.25) is 0 Å². The number of hydrogen-bond donors (Lipinski definition) is 0. The molecule has 116 valence electrons. The Balaban J connectivity index is 1.78. The van der Waals surface area contributed by atoms with Crippen LogP contribution in [-0.2, 0) is 0 Å². The monoisotopic (exact) mass is 476 g/mol. The fourth-order valence-electron chi connectivity index (χ4n) is 3.44. The van der Waals surface area contributed by atoms with Gasteiger partial charge in [0.15, 0.2) is 0 Å². The van der Waals surface area contributed by atoms with Gasteiger partial charge in [-0.1, -0.05) is 0 Å². The van der Waals surface area contributed by atoms with Crippen LogP contribution in [0.5, 0.6) is 23.0 Å². The highest BCUT2D eigenvalue weighted by atomic mass is 79.9. The Hall–Kier alpha value is -1.34. The van der Waals surface area contributed by atoms with Gasteiger partial charge in [-0.15, -0.1) is 22.7 Å². The SMILES string of the molecule is Brc1cc2c(s1)-c1ccc3c4c(ccc(c14)O2)-c1sc(Br)cc1O3. The molecular formula is C18H6Br2O2S2. The van der Waals surface area contributed by atoms with E-state index in [2.05, 4.69) is 56.1 Å². The summed E-state index contributed by atoms with van der Waals surface area (Å²) in [4.78, 5) is 2.33. The van der Waals surface area contributed by atoms with E-state index in [1.165, 1.54) is 11.1 Å². The Morgan fingerprint density at radius 2 is 1.08 bits per heavy atom. The summed E-state index contributed by atoms with van der Waals surface area (Å²) in [6.07, 6.45) is 0. The van der Waals surface area contributed by atoms with E-state index in [0.717, 1.165) is 51.1 Å². The molecule has 4 aromatic rings. The smallest absolute Gasteiger partial charge is 0.147 e. The van der Waals surface area contributed by atoms with Crippen molar-refractivity contribution < 1.29 is 9.47 Å². The number of halogens is 2. The molecule has 0 aliphatic carbocycles. The van der Waals surface area contributed by atoms with E-state index >= 15 is 0 Å². The lowest BCUT2D eigenvalue weighted by Crippen LogP contribution is -1.99. The summed E-state index contributed by atoms with van der Waals surface area (Å²) in [5.74, 6) is 3.62. The Kier molecular flexibility index (Phi) is 2.68. The maximum Gasteiger partial charge on any atom is 0.147 e. The summed E-state index contributed by atoms with van der Waals surface area (Å²) in [5, 5.41) is 2.28. The standard InChI is InChI=1S/C18H6Br2O2S2/c19-13-5-11-17(23-13)7-1-3-9-16-8(2-4-10(22-11)15(7)16)18-12(21-9)6-14(20)24-18/h1-6H. The second kappa shape index (κ2) is 4.64. The second-order valence-corrected chi connectivity index (χ2v) is 10.5. The van der Waals surface area contributed by atoms with Crippen molar-refractivity contribution >= 4 is 65.3 Å². The predicted molar refractivity (Wildman–Crippen MR) is 106 cm³/mol. The number of benzene rings is 2. The molecule has 2 aliphatic rings. The van der Waals surface area contributed by atoms with Crippen LogP contribution in [0.1, 0.15) is 0 Å². The van der Waals surface area contributed by atoms with Crippen molar-refractivity contribution in [3.8, 4) is 43.9 Å². The molecule has 6 rings (SSSR count). The lowest BCUT2D eigenvalue weighted by Gasteiger charge is -2.24. The Morgan fingerprint density at radius 3 is 1.54 bits per heavy atom. The minimum Gasteiger partial charge on any atom is -0.455 e. The molecule has 0 radical (unpaired) electrons. The maximum absolute atomic E-state index is 6.16. The van der Waals surface area contributed by atoms with E-state index < -0.39 is 0 Å². The number of rotatable bonds is 0. The molecule has 0 N–H and O–H groups in total. The summed E-state index contributed by atoms with van der Waals surface area (Å²) in [5.41, 5.74) is 2.43. The molecule has 24 heavy (non-hydrogen) atoms. The van der Waals surface area contributed by atoms with Crippen molar-refractivity contribution in [1.29, 1.82) is 0 Å². The molecule has 4 heterocycles. The van der Waals surface area contributed by atoms with Crippen molar-refractivity contribution in [3.63, 3.8) is 0 Å². The Bertz CT molecular complexity index is 1100. The summed E-state index contributed by atoms with van der Waals surface area (Å²) in [6.45, 7) is 0. The molecule has 0 saturated carbocycles. The molecule has 0 saturated heterocycles. The van der Waals surface area contributed by atoms with Crippen molar-refractivity contribution in [3.05, 3.63) is 44.0 Å².